The number of aromatic nitrogens is 1. The monoisotopic (exact) mass is 251 g/mol. The van der Waals surface area contributed by atoms with E-state index in [9.17, 15) is 4.79 Å². The Labute approximate surface area is 110 Å². The number of hydrogen-bond donors (Lipinski definition) is 2. The Bertz CT molecular complexity index is 796. The summed E-state index contributed by atoms with van der Waals surface area (Å²) in [6, 6.07) is 13.1. The lowest BCUT2D eigenvalue weighted by atomic mass is 10.0. The van der Waals surface area contributed by atoms with Gasteiger partial charge in [-0.3, -0.25) is 4.79 Å². The molecule has 0 radical (unpaired) electrons. The first-order chi connectivity index (χ1) is 9.22. The highest BCUT2D eigenvalue weighted by atomic mass is 16.1. The molecule has 0 atom stereocenters. The first kappa shape index (κ1) is 11.5. The van der Waals surface area contributed by atoms with Crippen LogP contribution in [0, 0.1) is 0 Å². The second kappa shape index (κ2) is 4.24. The minimum Gasteiger partial charge on any atom is -0.398 e. The molecule has 1 heterocycles. The number of nitrogens with one attached hydrogen (secondary N) is 1. The van der Waals surface area contributed by atoms with Crippen LogP contribution in [-0.4, -0.2) is 17.9 Å². The van der Waals surface area contributed by atoms with Crippen molar-refractivity contribution < 1.29 is 4.79 Å². The molecular formula is C15H13N3O. The molecule has 1 amide bonds. The number of nitrogens with two attached hydrogens (primary N) is 1. The molecule has 0 saturated heterocycles. The number of fused-ring (bicyclic) bond motifs is 2. The number of hydrogen-bond acceptors (Lipinski definition) is 3. The number of carbonyl (C=O) groups excluding carboxylic acids is 1. The van der Waals surface area contributed by atoms with E-state index in [1.807, 2.05) is 36.4 Å². The second-order valence-corrected chi connectivity index (χ2v) is 4.32. The van der Waals surface area contributed by atoms with Crippen LogP contribution in [0.2, 0.25) is 0 Å². The highest BCUT2D eigenvalue weighted by Gasteiger charge is 2.13. The third kappa shape index (κ3) is 1.69. The van der Waals surface area contributed by atoms with Crippen LogP contribution in [0.25, 0.3) is 21.8 Å². The van der Waals surface area contributed by atoms with Crippen LogP contribution < -0.4 is 11.1 Å². The number of nitrogen functional groups attached to an aromatic ring is 1. The molecule has 0 bridgehead atoms. The van der Waals surface area contributed by atoms with Crippen molar-refractivity contribution in [2.24, 2.45) is 0 Å². The molecule has 0 unspecified atom stereocenters. The molecule has 2 aromatic carbocycles. The van der Waals surface area contributed by atoms with Crippen molar-refractivity contribution in [2.75, 3.05) is 12.8 Å². The molecule has 0 saturated carbocycles. The van der Waals surface area contributed by atoms with Crippen molar-refractivity contribution in [1.82, 2.24) is 10.3 Å². The van der Waals surface area contributed by atoms with Gasteiger partial charge in [0.05, 0.1) is 22.3 Å². The molecule has 0 aliphatic rings. The Hall–Kier alpha value is -2.62. The molecule has 3 rings (SSSR count). The maximum absolute atomic E-state index is 11.9. The van der Waals surface area contributed by atoms with Gasteiger partial charge in [-0.25, -0.2) is 4.98 Å². The summed E-state index contributed by atoms with van der Waals surface area (Å²) in [5.41, 5.74) is 8.82. The normalized spacial score (nSPS) is 10.8. The SMILES string of the molecule is CNC(=O)c1cccc2c(N)c3ccccc3nc12. The minimum atomic E-state index is -0.159. The summed E-state index contributed by atoms with van der Waals surface area (Å²) in [5, 5.41) is 4.33. The lowest BCUT2D eigenvalue weighted by Crippen LogP contribution is -2.18. The molecular weight excluding hydrogens is 238 g/mol. The summed E-state index contributed by atoms with van der Waals surface area (Å²) in [7, 11) is 1.60. The van der Waals surface area contributed by atoms with Crippen molar-refractivity contribution in [2.45, 2.75) is 0 Å². The molecule has 4 nitrogen and oxygen atoms in total. The number of benzene rings is 2. The van der Waals surface area contributed by atoms with E-state index >= 15 is 0 Å². The molecule has 3 N–H and O–H groups in total. The van der Waals surface area contributed by atoms with Gasteiger partial charge in [0.25, 0.3) is 5.91 Å². The zero-order valence-corrected chi connectivity index (χ0v) is 10.5. The predicted molar refractivity (Wildman–Crippen MR) is 77.1 cm³/mol. The fourth-order valence-electron chi connectivity index (χ4n) is 2.26. The van der Waals surface area contributed by atoms with Crippen LogP contribution in [0.1, 0.15) is 10.4 Å². The standard InChI is InChI=1S/C15H13N3O/c1-17-15(19)11-7-4-6-10-13(16)9-5-2-3-8-12(9)18-14(10)11/h2-8H,1H3,(H2,16,18)(H,17,19). The number of nitrogens with zero attached hydrogens (tertiary/aromatic N) is 1. The smallest absolute Gasteiger partial charge is 0.253 e. The quantitative estimate of drug-likeness (QED) is 0.652. The number of rotatable bonds is 1. The Morgan fingerprint density at radius 2 is 1.84 bits per heavy atom. The van der Waals surface area contributed by atoms with Crippen molar-refractivity contribution in [3.05, 3.63) is 48.0 Å². The fraction of sp³-hybridized carbons (Fsp3) is 0.0667. The third-order valence-electron chi connectivity index (χ3n) is 3.22. The van der Waals surface area contributed by atoms with Crippen molar-refractivity contribution in [1.29, 1.82) is 0 Å². The van der Waals surface area contributed by atoms with Gasteiger partial charge >= 0.3 is 0 Å². The molecule has 0 fully saturated rings. The first-order valence-corrected chi connectivity index (χ1v) is 6.01. The number of carbonyl (C=O) groups is 1. The van der Waals surface area contributed by atoms with Crippen LogP contribution in [0.3, 0.4) is 0 Å². The Kier molecular flexibility index (Phi) is 2.56. The Morgan fingerprint density at radius 3 is 2.63 bits per heavy atom. The number of amides is 1. The largest absolute Gasteiger partial charge is 0.398 e. The average molecular weight is 251 g/mol. The summed E-state index contributed by atoms with van der Waals surface area (Å²) >= 11 is 0. The molecule has 94 valence electrons. The maximum atomic E-state index is 11.9. The van der Waals surface area contributed by atoms with Crippen molar-refractivity contribution in [3.8, 4) is 0 Å². The molecule has 4 heteroatoms. The van der Waals surface area contributed by atoms with Gasteiger partial charge in [-0.2, -0.15) is 0 Å². The van der Waals surface area contributed by atoms with Gasteiger partial charge in [-0.05, 0) is 12.1 Å². The minimum absolute atomic E-state index is 0.159. The number of anilines is 1. The molecule has 19 heavy (non-hydrogen) atoms. The van der Waals surface area contributed by atoms with Crippen LogP contribution in [0.5, 0.6) is 0 Å². The zero-order valence-electron chi connectivity index (χ0n) is 10.5. The molecule has 0 spiro atoms. The van der Waals surface area contributed by atoms with E-state index in [1.54, 1.807) is 13.1 Å². The van der Waals surface area contributed by atoms with E-state index in [4.69, 9.17) is 5.73 Å². The molecule has 1 aromatic heterocycles. The summed E-state index contributed by atoms with van der Waals surface area (Å²) in [6.45, 7) is 0. The highest BCUT2D eigenvalue weighted by Crippen LogP contribution is 2.29. The maximum Gasteiger partial charge on any atom is 0.253 e. The van der Waals surface area contributed by atoms with E-state index in [0.29, 0.717) is 16.8 Å². The first-order valence-electron chi connectivity index (χ1n) is 6.01. The fourth-order valence-corrected chi connectivity index (χ4v) is 2.26. The second-order valence-electron chi connectivity index (χ2n) is 4.32. The summed E-state index contributed by atoms with van der Waals surface area (Å²) in [4.78, 5) is 16.4. The topological polar surface area (TPSA) is 68.0 Å². The van der Waals surface area contributed by atoms with Gasteiger partial charge in [0, 0.05) is 17.8 Å². The lowest BCUT2D eigenvalue weighted by Gasteiger charge is -2.09. The molecule has 0 aliphatic heterocycles. The van der Waals surface area contributed by atoms with Crippen LogP contribution in [0.4, 0.5) is 5.69 Å². The van der Waals surface area contributed by atoms with Crippen molar-refractivity contribution in [3.63, 3.8) is 0 Å². The lowest BCUT2D eigenvalue weighted by molar-refractivity contribution is 0.0964. The van der Waals surface area contributed by atoms with Gasteiger partial charge in [0.15, 0.2) is 0 Å². The summed E-state index contributed by atoms with van der Waals surface area (Å²) in [6.07, 6.45) is 0. The number of pyridine rings is 1. The average Bonchev–Trinajstić information content (AvgIpc) is 2.46. The van der Waals surface area contributed by atoms with Gasteiger partial charge in [-0.15, -0.1) is 0 Å². The van der Waals surface area contributed by atoms with Gasteiger partial charge in [0.1, 0.15) is 0 Å². The Morgan fingerprint density at radius 1 is 1.11 bits per heavy atom. The van der Waals surface area contributed by atoms with Crippen molar-refractivity contribution >= 4 is 33.4 Å². The van der Waals surface area contributed by atoms with E-state index in [-0.39, 0.29) is 5.91 Å². The molecule has 0 aliphatic carbocycles. The predicted octanol–water partition coefficient (Wildman–Crippen LogP) is 2.33. The van der Waals surface area contributed by atoms with Crippen LogP contribution >= 0.6 is 0 Å². The van der Waals surface area contributed by atoms with E-state index < -0.39 is 0 Å². The van der Waals surface area contributed by atoms with Gasteiger partial charge < -0.3 is 11.1 Å². The Balaban J connectivity index is 2.47. The third-order valence-corrected chi connectivity index (χ3v) is 3.22. The van der Waals surface area contributed by atoms with Crippen LogP contribution in [-0.2, 0) is 0 Å². The van der Waals surface area contributed by atoms with Crippen LogP contribution in [0.15, 0.2) is 42.5 Å². The summed E-state index contributed by atoms with van der Waals surface area (Å²) < 4.78 is 0. The van der Waals surface area contributed by atoms with E-state index in [1.165, 1.54) is 0 Å². The van der Waals surface area contributed by atoms with E-state index in [0.717, 1.165) is 16.3 Å². The zero-order chi connectivity index (χ0) is 13.4. The molecule has 3 aromatic rings. The highest BCUT2D eigenvalue weighted by molar-refractivity contribution is 6.13. The van der Waals surface area contributed by atoms with E-state index in [2.05, 4.69) is 10.3 Å². The van der Waals surface area contributed by atoms with Gasteiger partial charge in [-0.1, -0.05) is 30.3 Å². The summed E-state index contributed by atoms with van der Waals surface area (Å²) in [5.74, 6) is -0.159. The number of para-hydroxylation sites is 2. The van der Waals surface area contributed by atoms with Gasteiger partial charge in [0.2, 0.25) is 0 Å².